The maximum absolute atomic E-state index is 8.69. The normalized spacial score (nSPS) is 8.56. The Bertz CT molecular complexity index is 361. The highest BCUT2D eigenvalue weighted by molar-refractivity contribution is 5.42. The van der Waals surface area contributed by atoms with Gasteiger partial charge in [-0.3, -0.25) is 4.84 Å². The van der Waals surface area contributed by atoms with E-state index in [4.69, 9.17) is 20.7 Å². The molecule has 16 heavy (non-hydrogen) atoms. The summed E-state index contributed by atoms with van der Waals surface area (Å²) >= 11 is 0. The standard InChI is InChI=1S/C10H12N2O2.CH2O/c1-2-13-10-5-8(6-11)3-4-9(10)7-14-12;1-2/h3-5H,2,7,12H2,1H3;1H2. The van der Waals surface area contributed by atoms with Gasteiger partial charge in [-0.15, -0.1) is 0 Å². The van der Waals surface area contributed by atoms with Crippen LogP contribution in [0.4, 0.5) is 0 Å². The summed E-state index contributed by atoms with van der Waals surface area (Å²) in [6, 6.07) is 7.20. The number of nitrogens with zero attached hydrogens (tertiary/aromatic N) is 1. The van der Waals surface area contributed by atoms with E-state index in [2.05, 4.69) is 4.84 Å². The van der Waals surface area contributed by atoms with Crippen molar-refractivity contribution in [1.29, 1.82) is 5.26 Å². The van der Waals surface area contributed by atoms with Crippen LogP contribution in [0.15, 0.2) is 18.2 Å². The summed E-state index contributed by atoms with van der Waals surface area (Å²) in [4.78, 5) is 12.5. The lowest BCUT2D eigenvalue weighted by Crippen LogP contribution is -2.02. The van der Waals surface area contributed by atoms with Crippen LogP contribution in [0.3, 0.4) is 0 Å². The van der Waals surface area contributed by atoms with Crippen LogP contribution in [0, 0.1) is 11.3 Å². The second-order valence-corrected chi connectivity index (χ2v) is 2.68. The van der Waals surface area contributed by atoms with Gasteiger partial charge in [-0.25, -0.2) is 5.90 Å². The van der Waals surface area contributed by atoms with Gasteiger partial charge < -0.3 is 9.53 Å². The summed E-state index contributed by atoms with van der Waals surface area (Å²) in [6.45, 7) is 4.71. The van der Waals surface area contributed by atoms with Gasteiger partial charge in [0.1, 0.15) is 12.5 Å². The van der Waals surface area contributed by atoms with Crippen molar-refractivity contribution < 1.29 is 14.4 Å². The van der Waals surface area contributed by atoms with Gasteiger partial charge >= 0.3 is 0 Å². The third-order valence-corrected chi connectivity index (χ3v) is 1.73. The second kappa shape index (κ2) is 8.41. The lowest BCUT2D eigenvalue weighted by atomic mass is 10.1. The Hall–Kier alpha value is -1.90. The zero-order valence-electron chi connectivity index (χ0n) is 9.10. The molecule has 0 spiro atoms. The molecule has 1 rings (SSSR count). The van der Waals surface area contributed by atoms with Crippen LogP contribution in [0.5, 0.6) is 5.75 Å². The Morgan fingerprint density at radius 3 is 2.69 bits per heavy atom. The number of carbonyl (C=O) groups is 1. The summed E-state index contributed by atoms with van der Waals surface area (Å²) < 4.78 is 5.35. The van der Waals surface area contributed by atoms with E-state index in [-0.39, 0.29) is 6.61 Å². The van der Waals surface area contributed by atoms with Gasteiger partial charge in [-0.1, -0.05) is 6.07 Å². The van der Waals surface area contributed by atoms with E-state index in [0.29, 0.717) is 17.9 Å². The predicted octanol–water partition coefficient (Wildman–Crippen LogP) is 1.16. The van der Waals surface area contributed by atoms with E-state index in [9.17, 15) is 0 Å². The van der Waals surface area contributed by atoms with E-state index in [1.165, 1.54) is 0 Å². The highest BCUT2D eigenvalue weighted by Gasteiger charge is 2.04. The van der Waals surface area contributed by atoms with E-state index in [0.717, 1.165) is 5.56 Å². The van der Waals surface area contributed by atoms with Crippen LogP contribution < -0.4 is 10.6 Å². The molecular formula is C11H14N2O3. The molecule has 0 saturated carbocycles. The largest absolute Gasteiger partial charge is 0.493 e. The minimum atomic E-state index is 0.279. The predicted molar refractivity (Wildman–Crippen MR) is 58.4 cm³/mol. The number of nitrogens with two attached hydrogens (primary N) is 1. The van der Waals surface area contributed by atoms with Crippen LogP contribution >= 0.6 is 0 Å². The van der Waals surface area contributed by atoms with Crippen molar-refractivity contribution in [2.24, 2.45) is 5.90 Å². The van der Waals surface area contributed by atoms with Gasteiger partial charge in [0, 0.05) is 5.56 Å². The smallest absolute Gasteiger partial charge is 0.126 e. The van der Waals surface area contributed by atoms with Gasteiger partial charge in [0.15, 0.2) is 0 Å². The SMILES string of the molecule is C=O.CCOc1cc(C#N)ccc1CON. The number of rotatable bonds is 4. The fourth-order valence-electron chi connectivity index (χ4n) is 1.12. The number of hydrogen-bond acceptors (Lipinski definition) is 5. The van der Waals surface area contributed by atoms with Gasteiger partial charge in [0.2, 0.25) is 0 Å². The third kappa shape index (κ3) is 4.09. The summed E-state index contributed by atoms with van der Waals surface area (Å²) in [6.07, 6.45) is 0. The zero-order chi connectivity index (χ0) is 12.4. The maximum atomic E-state index is 8.69. The summed E-state index contributed by atoms with van der Waals surface area (Å²) in [5.74, 6) is 5.63. The number of carbonyl (C=O) groups excluding carboxylic acids is 1. The number of ether oxygens (including phenoxy) is 1. The minimum Gasteiger partial charge on any atom is -0.493 e. The Balaban J connectivity index is 0.00000106. The summed E-state index contributed by atoms with van der Waals surface area (Å²) in [5.41, 5.74) is 1.41. The number of hydrogen-bond donors (Lipinski definition) is 1. The second-order valence-electron chi connectivity index (χ2n) is 2.68. The molecule has 0 heterocycles. The van der Waals surface area contributed by atoms with E-state index < -0.39 is 0 Å². The van der Waals surface area contributed by atoms with Crippen molar-refractivity contribution in [3.05, 3.63) is 29.3 Å². The average Bonchev–Trinajstić information content (AvgIpc) is 2.34. The first-order valence-electron chi connectivity index (χ1n) is 4.58. The number of nitriles is 1. The van der Waals surface area contributed by atoms with Crippen LogP contribution in [-0.2, 0) is 16.2 Å². The Morgan fingerprint density at radius 2 is 2.19 bits per heavy atom. The van der Waals surface area contributed by atoms with Crippen LogP contribution in [0.2, 0.25) is 0 Å². The molecule has 2 N–H and O–H groups in total. The Labute approximate surface area is 94.3 Å². The molecule has 0 aliphatic carbocycles. The molecule has 5 nitrogen and oxygen atoms in total. The molecule has 0 amide bonds. The molecule has 86 valence electrons. The molecule has 0 radical (unpaired) electrons. The molecule has 0 aromatic heterocycles. The molecule has 0 aliphatic rings. The van der Waals surface area contributed by atoms with Gasteiger partial charge in [-0.2, -0.15) is 5.26 Å². The summed E-state index contributed by atoms with van der Waals surface area (Å²) in [7, 11) is 0. The van der Waals surface area contributed by atoms with Crippen molar-refractivity contribution in [2.45, 2.75) is 13.5 Å². The first kappa shape index (κ1) is 14.1. The molecule has 5 heteroatoms. The molecule has 1 aromatic rings. The van der Waals surface area contributed by atoms with E-state index in [1.807, 2.05) is 19.8 Å². The van der Waals surface area contributed by atoms with Crippen molar-refractivity contribution in [3.8, 4) is 11.8 Å². The van der Waals surface area contributed by atoms with Gasteiger partial charge in [0.25, 0.3) is 0 Å². The Kier molecular flexibility index (Phi) is 7.41. The summed E-state index contributed by atoms with van der Waals surface area (Å²) in [5, 5.41) is 8.69. The molecule has 0 atom stereocenters. The topological polar surface area (TPSA) is 85.3 Å². The third-order valence-electron chi connectivity index (χ3n) is 1.73. The molecule has 0 aliphatic heterocycles. The highest BCUT2D eigenvalue weighted by Crippen LogP contribution is 2.20. The van der Waals surface area contributed by atoms with E-state index >= 15 is 0 Å². The van der Waals surface area contributed by atoms with Crippen LogP contribution in [-0.4, -0.2) is 13.4 Å². The molecule has 0 fully saturated rings. The minimum absolute atomic E-state index is 0.279. The average molecular weight is 222 g/mol. The zero-order valence-corrected chi connectivity index (χ0v) is 9.10. The quantitative estimate of drug-likeness (QED) is 0.772. The first-order valence-corrected chi connectivity index (χ1v) is 4.58. The lowest BCUT2D eigenvalue weighted by Gasteiger charge is -2.08. The fourth-order valence-corrected chi connectivity index (χ4v) is 1.12. The fraction of sp³-hybridized carbons (Fsp3) is 0.273. The maximum Gasteiger partial charge on any atom is 0.126 e. The van der Waals surface area contributed by atoms with E-state index in [1.54, 1.807) is 18.2 Å². The Morgan fingerprint density at radius 1 is 1.50 bits per heavy atom. The molecular weight excluding hydrogens is 208 g/mol. The van der Waals surface area contributed by atoms with Crippen molar-refractivity contribution in [2.75, 3.05) is 6.61 Å². The van der Waals surface area contributed by atoms with Gasteiger partial charge in [0.05, 0.1) is 24.8 Å². The van der Waals surface area contributed by atoms with Crippen molar-refractivity contribution >= 4 is 6.79 Å². The monoisotopic (exact) mass is 222 g/mol. The highest BCUT2D eigenvalue weighted by atomic mass is 16.6. The number of benzene rings is 1. The van der Waals surface area contributed by atoms with Crippen LogP contribution in [0.1, 0.15) is 18.1 Å². The molecule has 0 bridgehead atoms. The first-order chi connectivity index (χ1) is 7.81. The molecule has 0 saturated heterocycles. The van der Waals surface area contributed by atoms with Crippen molar-refractivity contribution in [3.63, 3.8) is 0 Å². The molecule has 0 unspecified atom stereocenters. The lowest BCUT2D eigenvalue weighted by molar-refractivity contribution is -0.0979. The van der Waals surface area contributed by atoms with Crippen molar-refractivity contribution in [1.82, 2.24) is 0 Å². The molecule has 1 aromatic carbocycles. The van der Waals surface area contributed by atoms with Gasteiger partial charge in [-0.05, 0) is 19.1 Å². The van der Waals surface area contributed by atoms with Crippen LogP contribution in [0.25, 0.3) is 0 Å².